The van der Waals surface area contributed by atoms with E-state index in [0.717, 1.165) is 11.3 Å². The first-order valence-electron chi connectivity index (χ1n) is 7.73. The first kappa shape index (κ1) is 16.2. The van der Waals surface area contributed by atoms with Crippen molar-refractivity contribution < 1.29 is 4.79 Å². The molecule has 1 amide bonds. The van der Waals surface area contributed by atoms with Crippen LogP contribution in [0.25, 0.3) is 6.08 Å². The Bertz CT molecular complexity index is 939. The van der Waals surface area contributed by atoms with E-state index in [1.54, 1.807) is 18.5 Å². The first-order chi connectivity index (χ1) is 12.3. The summed E-state index contributed by atoms with van der Waals surface area (Å²) in [7, 11) is 0. The van der Waals surface area contributed by atoms with Gasteiger partial charge in [0.25, 0.3) is 0 Å². The lowest BCUT2D eigenvalue weighted by Crippen LogP contribution is -2.07. The molecular weight excluding hydrogens is 310 g/mol. The molecule has 25 heavy (non-hydrogen) atoms. The number of amides is 1. The van der Waals surface area contributed by atoms with Crippen LogP contribution in [0.3, 0.4) is 0 Å². The molecule has 120 valence electrons. The van der Waals surface area contributed by atoms with Crippen LogP contribution in [0.2, 0.25) is 0 Å². The van der Waals surface area contributed by atoms with Crippen molar-refractivity contribution in [2.75, 3.05) is 5.32 Å². The Hall–Kier alpha value is -3.71. The molecule has 0 aliphatic rings. The molecule has 2 aromatic heterocycles. The van der Waals surface area contributed by atoms with Gasteiger partial charge in [0, 0.05) is 29.7 Å². The van der Waals surface area contributed by atoms with E-state index in [2.05, 4.69) is 27.1 Å². The third kappa shape index (κ3) is 5.15. The normalized spacial score (nSPS) is 10.1. The van der Waals surface area contributed by atoms with Crippen LogP contribution < -0.4 is 5.32 Å². The monoisotopic (exact) mass is 325 g/mol. The number of pyridine rings is 2. The Kier molecular flexibility index (Phi) is 5.32. The van der Waals surface area contributed by atoms with Crippen LogP contribution in [0, 0.1) is 11.8 Å². The van der Waals surface area contributed by atoms with Crippen LogP contribution in [0.5, 0.6) is 0 Å². The largest absolute Gasteiger partial charge is 0.322 e. The number of benzene rings is 1. The molecule has 4 nitrogen and oxygen atoms in total. The Balaban J connectivity index is 1.67. The van der Waals surface area contributed by atoms with E-state index in [-0.39, 0.29) is 5.91 Å². The summed E-state index contributed by atoms with van der Waals surface area (Å²) < 4.78 is 0. The van der Waals surface area contributed by atoms with Gasteiger partial charge in [0.15, 0.2) is 0 Å². The second-order valence-electron chi connectivity index (χ2n) is 5.12. The Morgan fingerprint density at radius 2 is 1.76 bits per heavy atom. The maximum absolute atomic E-state index is 12.0. The Morgan fingerprint density at radius 1 is 0.920 bits per heavy atom. The number of aromatic nitrogens is 2. The van der Waals surface area contributed by atoms with Gasteiger partial charge in [-0.25, -0.2) is 4.98 Å². The van der Waals surface area contributed by atoms with Crippen LogP contribution in [0.15, 0.2) is 79.1 Å². The van der Waals surface area contributed by atoms with E-state index in [4.69, 9.17) is 0 Å². The molecule has 1 aromatic carbocycles. The van der Waals surface area contributed by atoms with Crippen molar-refractivity contribution in [3.05, 3.63) is 96.1 Å². The molecule has 0 radical (unpaired) electrons. The number of carbonyl (C=O) groups excluding carboxylic acids is 1. The summed E-state index contributed by atoms with van der Waals surface area (Å²) in [5.41, 5.74) is 2.92. The predicted molar refractivity (Wildman–Crippen MR) is 98.6 cm³/mol. The molecule has 3 rings (SSSR count). The van der Waals surface area contributed by atoms with E-state index in [9.17, 15) is 4.79 Å². The van der Waals surface area contributed by atoms with E-state index in [1.807, 2.05) is 60.7 Å². The van der Waals surface area contributed by atoms with Gasteiger partial charge in [-0.3, -0.25) is 9.78 Å². The summed E-state index contributed by atoms with van der Waals surface area (Å²) in [4.78, 5) is 20.3. The van der Waals surface area contributed by atoms with Crippen LogP contribution >= 0.6 is 0 Å². The Morgan fingerprint density at radius 3 is 2.52 bits per heavy atom. The second kappa shape index (κ2) is 8.23. The molecule has 4 heteroatoms. The SMILES string of the molecule is O=C(C=Cc1ccccn1)Nc1cccc(C#Cc2ccccn2)c1. The minimum absolute atomic E-state index is 0.222. The lowest BCUT2D eigenvalue weighted by atomic mass is 10.2. The topological polar surface area (TPSA) is 54.9 Å². The van der Waals surface area contributed by atoms with Gasteiger partial charge in [-0.2, -0.15) is 0 Å². The molecule has 0 fully saturated rings. The lowest BCUT2D eigenvalue weighted by Gasteiger charge is -2.02. The Labute approximate surface area is 146 Å². The second-order valence-corrected chi connectivity index (χ2v) is 5.12. The summed E-state index contributed by atoms with van der Waals surface area (Å²) in [6, 6.07) is 18.5. The molecule has 0 aliphatic heterocycles. The fraction of sp³-hybridized carbons (Fsp3) is 0. The number of anilines is 1. The van der Waals surface area contributed by atoms with E-state index < -0.39 is 0 Å². The third-order valence-electron chi connectivity index (χ3n) is 3.22. The fourth-order valence-electron chi connectivity index (χ4n) is 2.07. The zero-order valence-electron chi connectivity index (χ0n) is 13.4. The quantitative estimate of drug-likeness (QED) is 0.592. The molecule has 0 spiro atoms. The summed E-state index contributed by atoms with van der Waals surface area (Å²) in [5.74, 6) is 5.81. The molecule has 0 atom stereocenters. The zero-order chi connectivity index (χ0) is 17.3. The van der Waals surface area contributed by atoms with Gasteiger partial charge < -0.3 is 5.32 Å². The van der Waals surface area contributed by atoms with Crippen molar-refractivity contribution in [3.63, 3.8) is 0 Å². The molecule has 0 saturated carbocycles. The van der Waals surface area contributed by atoms with E-state index >= 15 is 0 Å². The fourth-order valence-corrected chi connectivity index (χ4v) is 2.07. The molecule has 0 aliphatic carbocycles. The predicted octanol–water partition coefficient (Wildman–Crippen LogP) is 3.53. The van der Waals surface area contributed by atoms with Gasteiger partial charge in [0.1, 0.15) is 5.69 Å². The highest BCUT2D eigenvalue weighted by Crippen LogP contribution is 2.10. The maximum atomic E-state index is 12.0. The standard InChI is InChI=1S/C21H15N3O/c25-21(13-12-19-8-2-4-15-23-19)24-20-9-5-6-17(16-20)10-11-18-7-1-3-14-22-18/h1-9,12-16H,(H,24,25). The highest BCUT2D eigenvalue weighted by molar-refractivity contribution is 6.01. The third-order valence-corrected chi connectivity index (χ3v) is 3.22. The number of nitrogens with zero attached hydrogens (tertiary/aromatic N) is 2. The zero-order valence-corrected chi connectivity index (χ0v) is 13.4. The highest BCUT2D eigenvalue weighted by Gasteiger charge is 1.99. The van der Waals surface area contributed by atoms with Gasteiger partial charge in [0.05, 0.1) is 5.69 Å². The van der Waals surface area contributed by atoms with Crippen LogP contribution in [-0.4, -0.2) is 15.9 Å². The van der Waals surface area contributed by atoms with Gasteiger partial charge >= 0.3 is 0 Å². The van der Waals surface area contributed by atoms with Crippen molar-refractivity contribution in [2.45, 2.75) is 0 Å². The molecule has 0 bridgehead atoms. The van der Waals surface area contributed by atoms with E-state index in [0.29, 0.717) is 11.4 Å². The van der Waals surface area contributed by atoms with Crippen LogP contribution in [-0.2, 0) is 4.79 Å². The van der Waals surface area contributed by atoms with Crippen molar-refractivity contribution >= 4 is 17.7 Å². The average Bonchev–Trinajstić information content (AvgIpc) is 2.67. The molecular formula is C21H15N3O. The lowest BCUT2D eigenvalue weighted by molar-refractivity contribution is -0.111. The van der Waals surface area contributed by atoms with Crippen molar-refractivity contribution in [1.82, 2.24) is 9.97 Å². The highest BCUT2D eigenvalue weighted by atomic mass is 16.1. The number of carbonyl (C=O) groups is 1. The first-order valence-corrected chi connectivity index (χ1v) is 7.73. The summed E-state index contributed by atoms with van der Waals surface area (Å²) in [6.07, 6.45) is 6.50. The average molecular weight is 325 g/mol. The minimum Gasteiger partial charge on any atom is -0.322 e. The molecule has 2 heterocycles. The van der Waals surface area contributed by atoms with Crippen molar-refractivity contribution in [1.29, 1.82) is 0 Å². The van der Waals surface area contributed by atoms with E-state index in [1.165, 1.54) is 6.08 Å². The van der Waals surface area contributed by atoms with Crippen molar-refractivity contribution in [2.24, 2.45) is 0 Å². The van der Waals surface area contributed by atoms with Crippen LogP contribution in [0.1, 0.15) is 17.0 Å². The smallest absolute Gasteiger partial charge is 0.248 e. The number of nitrogens with one attached hydrogen (secondary N) is 1. The summed E-state index contributed by atoms with van der Waals surface area (Å²) in [6.45, 7) is 0. The number of hydrogen-bond donors (Lipinski definition) is 1. The minimum atomic E-state index is -0.222. The number of rotatable bonds is 3. The summed E-state index contributed by atoms with van der Waals surface area (Å²) >= 11 is 0. The number of hydrogen-bond acceptors (Lipinski definition) is 3. The molecule has 0 unspecified atom stereocenters. The molecule has 3 aromatic rings. The molecule has 0 saturated heterocycles. The summed E-state index contributed by atoms with van der Waals surface area (Å²) in [5, 5.41) is 2.81. The maximum Gasteiger partial charge on any atom is 0.248 e. The van der Waals surface area contributed by atoms with Crippen LogP contribution in [0.4, 0.5) is 5.69 Å². The van der Waals surface area contributed by atoms with Crippen molar-refractivity contribution in [3.8, 4) is 11.8 Å². The van der Waals surface area contributed by atoms with Gasteiger partial charge in [-0.05, 0) is 54.5 Å². The van der Waals surface area contributed by atoms with Gasteiger partial charge in [-0.1, -0.05) is 24.1 Å². The molecule has 1 N–H and O–H groups in total. The van der Waals surface area contributed by atoms with Gasteiger partial charge in [0.2, 0.25) is 5.91 Å². The van der Waals surface area contributed by atoms with Gasteiger partial charge in [-0.15, -0.1) is 0 Å².